The van der Waals surface area contributed by atoms with Gasteiger partial charge in [0.15, 0.2) is 0 Å². The summed E-state index contributed by atoms with van der Waals surface area (Å²) in [5.41, 5.74) is 0.616. The molecule has 0 aromatic rings. The molecule has 0 spiro atoms. The van der Waals surface area contributed by atoms with Gasteiger partial charge >= 0.3 is 5.97 Å². The van der Waals surface area contributed by atoms with Crippen molar-refractivity contribution >= 4 is 5.97 Å². The summed E-state index contributed by atoms with van der Waals surface area (Å²) in [4.78, 5) is 10.9. The maximum Gasteiger partial charge on any atom is 0.331 e. The van der Waals surface area contributed by atoms with E-state index < -0.39 is 5.97 Å². The lowest BCUT2D eigenvalue weighted by atomic mass is 10.0. The molecule has 0 heterocycles. The Morgan fingerprint density at radius 3 is 2.19 bits per heavy atom. The fraction of sp³-hybridized carbons (Fsp3) is 0.786. The lowest BCUT2D eigenvalue weighted by Crippen LogP contribution is -2.00. The second-order valence-corrected chi connectivity index (χ2v) is 4.34. The lowest BCUT2D eigenvalue weighted by molar-refractivity contribution is -0.132. The van der Waals surface area contributed by atoms with Crippen molar-refractivity contribution in [1.29, 1.82) is 0 Å². The highest BCUT2D eigenvalue weighted by atomic mass is 16.4. The van der Waals surface area contributed by atoms with Crippen LogP contribution < -0.4 is 0 Å². The predicted octanol–water partition coefficient (Wildman–Crippen LogP) is 4.55. The Morgan fingerprint density at radius 2 is 1.62 bits per heavy atom. The summed E-state index contributed by atoms with van der Waals surface area (Å²) in [6.07, 6.45) is 11.7. The molecule has 2 nitrogen and oxygen atoms in total. The number of carboxylic acid groups (broad SMARTS) is 1. The molecule has 94 valence electrons. The Labute approximate surface area is 99.7 Å². The highest BCUT2D eigenvalue weighted by Crippen LogP contribution is 2.12. The van der Waals surface area contributed by atoms with E-state index in [-0.39, 0.29) is 0 Å². The van der Waals surface area contributed by atoms with Crippen molar-refractivity contribution in [2.24, 2.45) is 0 Å². The van der Waals surface area contributed by atoms with Gasteiger partial charge < -0.3 is 5.11 Å². The summed E-state index contributed by atoms with van der Waals surface area (Å²) >= 11 is 0. The number of aliphatic carboxylic acids is 1. The van der Waals surface area contributed by atoms with Gasteiger partial charge in [0.05, 0.1) is 0 Å². The number of carbonyl (C=O) groups is 1. The minimum atomic E-state index is -0.730. The van der Waals surface area contributed by atoms with Crippen molar-refractivity contribution in [3.63, 3.8) is 0 Å². The van der Waals surface area contributed by atoms with Crippen LogP contribution in [0.3, 0.4) is 0 Å². The predicted molar refractivity (Wildman–Crippen MR) is 68.6 cm³/mol. The molecule has 0 unspecified atom stereocenters. The van der Waals surface area contributed by atoms with Gasteiger partial charge in [-0.15, -0.1) is 0 Å². The molecule has 0 bridgehead atoms. The molecule has 0 atom stereocenters. The molecule has 0 aromatic carbocycles. The quantitative estimate of drug-likeness (QED) is 0.438. The van der Waals surface area contributed by atoms with Gasteiger partial charge in [-0.2, -0.15) is 0 Å². The molecule has 0 aromatic heterocycles. The summed E-state index contributed by atoms with van der Waals surface area (Å²) in [6.45, 7) is 4.32. The topological polar surface area (TPSA) is 37.3 Å². The molecule has 0 amide bonds. The van der Waals surface area contributed by atoms with Crippen LogP contribution in [0.4, 0.5) is 0 Å². The third-order valence-electron chi connectivity index (χ3n) is 2.77. The number of allylic oxidation sites excluding steroid dienone is 1. The van der Waals surface area contributed by atoms with Crippen LogP contribution in [-0.4, -0.2) is 11.1 Å². The van der Waals surface area contributed by atoms with Crippen molar-refractivity contribution in [2.75, 3.05) is 0 Å². The van der Waals surface area contributed by atoms with Crippen molar-refractivity contribution in [2.45, 2.75) is 71.6 Å². The monoisotopic (exact) mass is 226 g/mol. The van der Waals surface area contributed by atoms with Crippen LogP contribution in [0.25, 0.3) is 0 Å². The van der Waals surface area contributed by atoms with Crippen LogP contribution in [-0.2, 0) is 4.79 Å². The SMILES string of the molecule is CCCCCCC=C(CCCCC)C(=O)O. The smallest absolute Gasteiger partial charge is 0.331 e. The second-order valence-electron chi connectivity index (χ2n) is 4.34. The highest BCUT2D eigenvalue weighted by molar-refractivity contribution is 5.86. The van der Waals surface area contributed by atoms with E-state index in [0.717, 1.165) is 38.5 Å². The number of rotatable bonds is 10. The molecular weight excluding hydrogens is 200 g/mol. The number of hydrogen-bond acceptors (Lipinski definition) is 1. The van der Waals surface area contributed by atoms with Crippen molar-refractivity contribution in [1.82, 2.24) is 0 Å². The molecule has 2 heteroatoms. The molecule has 16 heavy (non-hydrogen) atoms. The molecule has 0 aliphatic carbocycles. The van der Waals surface area contributed by atoms with Crippen LogP contribution in [0.1, 0.15) is 71.6 Å². The standard InChI is InChI=1S/C14H26O2/c1-3-5-7-8-10-12-13(14(15)16)11-9-6-4-2/h12H,3-11H2,1-2H3,(H,15,16). The Kier molecular flexibility index (Phi) is 10.2. The fourth-order valence-electron chi connectivity index (χ4n) is 1.71. The normalized spacial score (nSPS) is 11.8. The van der Waals surface area contributed by atoms with Gasteiger partial charge in [-0.25, -0.2) is 4.79 Å². The Morgan fingerprint density at radius 1 is 1.00 bits per heavy atom. The molecule has 1 N–H and O–H groups in total. The van der Waals surface area contributed by atoms with Crippen LogP contribution in [0.15, 0.2) is 11.6 Å². The first-order chi connectivity index (χ1) is 7.72. The minimum Gasteiger partial charge on any atom is -0.478 e. The minimum absolute atomic E-state index is 0.616. The zero-order valence-corrected chi connectivity index (χ0v) is 10.8. The zero-order chi connectivity index (χ0) is 12.2. The number of carboxylic acids is 1. The van der Waals surface area contributed by atoms with E-state index in [1.165, 1.54) is 19.3 Å². The molecule has 0 rings (SSSR count). The van der Waals surface area contributed by atoms with Gasteiger partial charge in [-0.05, 0) is 25.7 Å². The third-order valence-corrected chi connectivity index (χ3v) is 2.77. The van der Waals surface area contributed by atoms with Crippen LogP contribution in [0.5, 0.6) is 0 Å². The summed E-state index contributed by atoms with van der Waals surface area (Å²) < 4.78 is 0. The van der Waals surface area contributed by atoms with E-state index in [0.29, 0.717) is 5.57 Å². The first-order valence-electron chi connectivity index (χ1n) is 6.64. The van der Waals surface area contributed by atoms with Gasteiger partial charge in [-0.1, -0.05) is 52.0 Å². The van der Waals surface area contributed by atoms with Gasteiger partial charge in [0.2, 0.25) is 0 Å². The lowest BCUT2D eigenvalue weighted by Gasteiger charge is -2.02. The van der Waals surface area contributed by atoms with E-state index in [1.54, 1.807) is 0 Å². The Bertz CT molecular complexity index is 207. The van der Waals surface area contributed by atoms with E-state index in [1.807, 2.05) is 6.08 Å². The molecule has 0 saturated carbocycles. The molecule has 0 radical (unpaired) electrons. The summed E-state index contributed by atoms with van der Waals surface area (Å²) in [7, 11) is 0. The molecule has 0 fully saturated rings. The van der Waals surface area contributed by atoms with Gasteiger partial charge in [0.25, 0.3) is 0 Å². The van der Waals surface area contributed by atoms with E-state index in [2.05, 4.69) is 13.8 Å². The average molecular weight is 226 g/mol. The van der Waals surface area contributed by atoms with Gasteiger partial charge in [0.1, 0.15) is 0 Å². The van der Waals surface area contributed by atoms with Crippen molar-refractivity contribution < 1.29 is 9.90 Å². The van der Waals surface area contributed by atoms with Crippen molar-refractivity contribution in [3.05, 3.63) is 11.6 Å². The first kappa shape index (κ1) is 15.2. The Balaban J connectivity index is 3.81. The number of unbranched alkanes of at least 4 members (excludes halogenated alkanes) is 6. The van der Waals surface area contributed by atoms with Crippen LogP contribution in [0, 0.1) is 0 Å². The summed E-state index contributed by atoms with van der Waals surface area (Å²) in [6, 6.07) is 0. The summed E-state index contributed by atoms with van der Waals surface area (Å²) in [5, 5.41) is 9.01. The highest BCUT2D eigenvalue weighted by Gasteiger charge is 2.05. The van der Waals surface area contributed by atoms with E-state index in [4.69, 9.17) is 5.11 Å². The molecule has 0 saturated heterocycles. The average Bonchev–Trinajstić information content (AvgIpc) is 2.26. The van der Waals surface area contributed by atoms with E-state index in [9.17, 15) is 4.79 Å². The second kappa shape index (κ2) is 10.7. The first-order valence-corrected chi connectivity index (χ1v) is 6.64. The maximum atomic E-state index is 10.9. The molecular formula is C14H26O2. The maximum absolute atomic E-state index is 10.9. The van der Waals surface area contributed by atoms with E-state index >= 15 is 0 Å². The van der Waals surface area contributed by atoms with Gasteiger partial charge in [-0.3, -0.25) is 0 Å². The largest absolute Gasteiger partial charge is 0.478 e. The fourth-order valence-corrected chi connectivity index (χ4v) is 1.71. The third kappa shape index (κ3) is 8.51. The van der Waals surface area contributed by atoms with Crippen molar-refractivity contribution in [3.8, 4) is 0 Å². The van der Waals surface area contributed by atoms with Gasteiger partial charge in [0, 0.05) is 5.57 Å². The van der Waals surface area contributed by atoms with Crippen LogP contribution >= 0.6 is 0 Å². The zero-order valence-electron chi connectivity index (χ0n) is 10.8. The molecule has 0 aliphatic heterocycles. The summed E-state index contributed by atoms with van der Waals surface area (Å²) in [5.74, 6) is -0.730. The Hall–Kier alpha value is -0.790. The van der Waals surface area contributed by atoms with Crippen LogP contribution in [0.2, 0.25) is 0 Å². The number of hydrogen-bond donors (Lipinski definition) is 1. The molecule has 0 aliphatic rings.